The van der Waals surface area contributed by atoms with Gasteiger partial charge in [0.15, 0.2) is 0 Å². The quantitative estimate of drug-likeness (QED) is 0.313. The number of carbonyl (C=O) groups is 1. The van der Waals surface area contributed by atoms with E-state index in [1.807, 2.05) is 0 Å². The Morgan fingerprint density at radius 2 is 1.66 bits per heavy atom. The first-order chi connectivity index (χ1) is 18.2. The van der Waals surface area contributed by atoms with Crippen molar-refractivity contribution in [2.45, 2.75) is 37.6 Å². The summed E-state index contributed by atoms with van der Waals surface area (Å²) in [4.78, 5) is 17.6. The lowest BCUT2D eigenvalue weighted by atomic mass is 10.0. The average molecular weight is 577 g/mol. The minimum Gasteiger partial charge on any atom is -0.456 e. The zero-order valence-electron chi connectivity index (χ0n) is 21.4. The number of para-hydroxylation sites is 1. The van der Waals surface area contributed by atoms with E-state index in [0.29, 0.717) is 40.7 Å². The van der Waals surface area contributed by atoms with E-state index in [0.717, 1.165) is 25.9 Å². The lowest BCUT2D eigenvalue weighted by molar-refractivity contribution is 0.0632. The van der Waals surface area contributed by atoms with Gasteiger partial charge < -0.3 is 14.5 Å². The Hall–Kier alpha value is -2.78. The molecule has 7 nitrogen and oxygen atoms in total. The molecule has 38 heavy (non-hydrogen) atoms. The molecule has 0 radical (unpaired) electrons. The third-order valence-corrected chi connectivity index (χ3v) is 8.66. The predicted octanol–water partition coefficient (Wildman–Crippen LogP) is 6.53. The minimum absolute atomic E-state index is 0.0254. The van der Waals surface area contributed by atoms with E-state index in [4.69, 9.17) is 27.9 Å². The Labute approximate surface area is 234 Å². The van der Waals surface area contributed by atoms with Crippen LogP contribution in [0.5, 0.6) is 11.5 Å². The highest BCUT2D eigenvalue weighted by molar-refractivity contribution is 7.92. The van der Waals surface area contributed by atoms with Gasteiger partial charge in [-0.15, -0.1) is 0 Å². The number of hydrogen-bond donors (Lipinski definition) is 1. The van der Waals surface area contributed by atoms with E-state index in [1.54, 1.807) is 47.4 Å². The molecule has 202 valence electrons. The van der Waals surface area contributed by atoms with Gasteiger partial charge in [-0.2, -0.15) is 0 Å². The number of hydrogen-bond acceptors (Lipinski definition) is 5. The summed E-state index contributed by atoms with van der Waals surface area (Å²) in [7, 11) is -3.99. The number of halogens is 2. The van der Waals surface area contributed by atoms with Crippen LogP contribution in [-0.4, -0.2) is 56.3 Å². The van der Waals surface area contributed by atoms with E-state index in [1.165, 1.54) is 24.3 Å². The number of nitrogens with one attached hydrogen (secondary N) is 1. The second-order valence-electron chi connectivity index (χ2n) is 9.04. The molecule has 3 aromatic carbocycles. The SMILES string of the molecule is CCN(CC)C1CCN(C(=O)c2cc(Cl)ccc2NS(=O)(=O)c2ccc(Oc3ccccc3Cl)cc2)CC1. The van der Waals surface area contributed by atoms with E-state index in [2.05, 4.69) is 23.5 Å². The maximum Gasteiger partial charge on any atom is 0.261 e. The highest BCUT2D eigenvalue weighted by atomic mass is 35.5. The molecule has 0 saturated carbocycles. The van der Waals surface area contributed by atoms with Gasteiger partial charge >= 0.3 is 0 Å². The average Bonchev–Trinajstić information content (AvgIpc) is 2.92. The summed E-state index contributed by atoms with van der Waals surface area (Å²) in [5.41, 5.74) is 0.405. The molecule has 0 aromatic heterocycles. The molecule has 0 spiro atoms. The van der Waals surface area contributed by atoms with Crippen LogP contribution in [-0.2, 0) is 10.0 Å². The van der Waals surface area contributed by atoms with E-state index in [9.17, 15) is 13.2 Å². The molecular formula is C28H31Cl2N3O4S. The maximum absolute atomic E-state index is 13.4. The highest BCUT2D eigenvalue weighted by Gasteiger charge is 2.28. The van der Waals surface area contributed by atoms with Crippen LogP contribution in [0.1, 0.15) is 37.0 Å². The molecule has 1 aliphatic heterocycles. The van der Waals surface area contributed by atoms with Crippen molar-refractivity contribution in [3.05, 3.63) is 82.3 Å². The van der Waals surface area contributed by atoms with Crippen LogP contribution in [0.2, 0.25) is 10.0 Å². The van der Waals surface area contributed by atoms with Gasteiger partial charge in [0.05, 0.1) is 21.2 Å². The molecule has 0 atom stereocenters. The molecule has 0 bridgehead atoms. The molecular weight excluding hydrogens is 545 g/mol. The molecule has 10 heteroatoms. The van der Waals surface area contributed by atoms with Crippen LogP contribution in [0.3, 0.4) is 0 Å². The number of amides is 1. The number of benzene rings is 3. The minimum atomic E-state index is -3.99. The molecule has 0 aliphatic carbocycles. The van der Waals surface area contributed by atoms with Gasteiger partial charge in [-0.25, -0.2) is 8.42 Å². The standard InChI is InChI=1S/C28H31Cl2N3O4S/c1-3-32(4-2)21-15-17-33(18-16-21)28(34)24-19-20(29)9-14-26(24)31-38(35,36)23-12-10-22(11-13-23)37-27-8-6-5-7-25(27)30/h5-14,19,21,31H,3-4,15-18H2,1-2H3. The van der Waals surface area contributed by atoms with Crippen molar-refractivity contribution in [3.63, 3.8) is 0 Å². The number of rotatable bonds is 9. The zero-order chi connectivity index (χ0) is 27.3. The molecule has 1 N–H and O–H groups in total. The first kappa shape index (κ1) is 28.2. The molecule has 1 amide bonds. The van der Waals surface area contributed by atoms with Gasteiger partial charge in [0.25, 0.3) is 15.9 Å². The van der Waals surface area contributed by atoms with Crippen LogP contribution in [0.25, 0.3) is 0 Å². The summed E-state index contributed by atoms with van der Waals surface area (Å²) >= 11 is 12.3. The second kappa shape index (κ2) is 12.4. The van der Waals surface area contributed by atoms with E-state index in [-0.39, 0.29) is 22.1 Å². The van der Waals surface area contributed by atoms with Crippen LogP contribution in [0, 0.1) is 0 Å². The Morgan fingerprint density at radius 3 is 2.29 bits per heavy atom. The Bertz CT molecular complexity index is 1370. The lowest BCUT2D eigenvalue weighted by Gasteiger charge is -2.37. The normalized spacial score (nSPS) is 14.5. The lowest BCUT2D eigenvalue weighted by Crippen LogP contribution is -2.46. The number of anilines is 1. The van der Waals surface area contributed by atoms with E-state index < -0.39 is 10.0 Å². The van der Waals surface area contributed by atoms with Crippen molar-refractivity contribution >= 4 is 44.8 Å². The summed E-state index contributed by atoms with van der Waals surface area (Å²) in [6.45, 7) is 7.44. The monoisotopic (exact) mass is 575 g/mol. The largest absolute Gasteiger partial charge is 0.456 e. The smallest absolute Gasteiger partial charge is 0.261 e. The molecule has 1 fully saturated rings. The van der Waals surface area contributed by atoms with Gasteiger partial charge in [0.1, 0.15) is 11.5 Å². The van der Waals surface area contributed by atoms with E-state index >= 15 is 0 Å². The molecule has 0 unspecified atom stereocenters. The van der Waals surface area contributed by atoms with Crippen molar-refractivity contribution < 1.29 is 17.9 Å². The Morgan fingerprint density at radius 1 is 1.00 bits per heavy atom. The van der Waals surface area contributed by atoms with Crippen molar-refractivity contribution in [2.24, 2.45) is 0 Å². The fraction of sp³-hybridized carbons (Fsp3) is 0.321. The number of carbonyl (C=O) groups excluding carboxylic acids is 1. The fourth-order valence-corrected chi connectivity index (χ4v) is 6.10. The van der Waals surface area contributed by atoms with Crippen LogP contribution < -0.4 is 9.46 Å². The maximum atomic E-state index is 13.4. The third-order valence-electron chi connectivity index (χ3n) is 6.74. The summed E-state index contributed by atoms with van der Waals surface area (Å²) in [6, 6.07) is 18.0. The van der Waals surface area contributed by atoms with Crippen molar-refractivity contribution in [1.29, 1.82) is 0 Å². The molecule has 1 aliphatic rings. The first-order valence-electron chi connectivity index (χ1n) is 12.6. The number of piperidine rings is 1. The fourth-order valence-electron chi connectivity index (χ4n) is 4.67. The van der Waals surface area contributed by atoms with Gasteiger partial charge in [-0.3, -0.25) is 9.52 Å². The number of likely N-dealkylation sites (tertiary alicyclic amines) is 1. The molecule has 3 aromatic rings. The number of ether oxygens (including phenoxy) is 1. The summed E-state index contributed by atoms with van der Waals surface area (Å²) in [5.74, 6) is 0.660. The van der Waals surface area contributed by atoms with Gasteiger partial charge in [-0.05, 0) is 80.5 Å². The van der Waals surface area contributed by atoms with Crippen molar-refractivity contribution in [3.8, 4) is 11.5 Å². The predicted molar refractivity (Wildman–Crippen MR) is 152 cm³/mol. The van der Waals surface area contributed by atoms with Crippen LogP contribution in [0.4, 0.5) is 5.69 Å². The van der Waals surface area contributed by atoms with Gasteiger partial charge in [0, 0.05) is 24.2 Å². The molecule has 1 saturated heterocycles. The summed E-state index contributed by atoms with van der Waals surface area (Å²) in [5, 5.41) is 0.804. The first-order valence-corrected chi connectivity index (χ1v) is 14.8. The summed E-state index contributed by atoms with van der Waals surface area (Å²) < 4.78 is 34.7. The Balaban J connectivity index is 1.49. The van der Waals surface area contributed by atoms with Crippen molar-refractivity contribution in [2.75, 3.05) is 30.9 Å². The highest BCUT2D eigenvalue weighted by Crippen LogP contribution is 2.31. The molecule has 4 rings (SSSR count). The Kier molecular flexibility index (Phi) is 9.20. The van der Waals surface area contributed by atoms with Gasteiger partial charge in [0.2, 0.25) is 0 Å². The summed E-state index contributed by atoms with van der Waals surface area (Å²) in [6.07, 6.45) is 1.75. The topological polar surface area (TPSA) is 79.0 Å². The molecule has 1 heterocycles. The van der Waals surface area contributed by atoms with Crippen LogP contribution >= 0.6 is 23.2 Å². The third kappa shape index (κ3) is 6.61. The number of nitrogens with zero attached hydrogens (tertiary/aromatic N) is 2. The second-order valence-corrected chi connectivity index (χ2v) is 11.6. The van der Waals surface area contributed by atoms with Crippen molar-refractivity contribution in [1.82, 2.24) is 9.80 Å². The number of sulfonamides is 1. The van der Waals surface area contributed by atoms with Crippen LogP contribution in [0.15, 0.2) is 71.6 Å². The van der Waals surface area contributed by atoms with Gasteiger partial charge in [-0.1, -0.05) is 49.2 Å². The zero-order valence-corrected chi connectivity index (χ0v) is 23.7.